The molecule has 2 aromatic rings. The van der Waals surface area contributed by atoms with Gasteiger partial charge < -0.3 is 15.4 Å². The van der Waals surface area contributed by atoms with Gasteiger partial charge in [0.2, 0.25) is 0 Å². The summed E-state index contributed by atoms with van der Waals surface area (Å²) in [5.41, 5.74) is 4.25. The van der Waals surface area contributed by atoms with Gasteiger partial charge in [0.05, 0.1) is 18.2 Å². The molecule has 0 aliphatic carbocycles. The summed E-state index contributed by atoms with van der Waals surface area (Å²) in [5, 5.41) is 6.23. The largest absolute Gasteiger partial charge is 0.463 e. The Bertz CT molecular complexity index is 1070. The van der Waals surface area contributed by atoms with Crippen molar-refractivity contribution in [2.24, 2.45) is 0 Å². The second-order valence-electron chi connectivity index (χ2n) is 7.78. The second-order valence-corrected chi connectivity index (χ2v) is 8.22. The van der Waals surface area contributed by atoms with E-state index in [1.807, 2.05) is 24.3 Å². The number of hydrogen-bond acceptors (Lipinski definition) is 4. The lowest BCUT2D eigenvalue weighted by atomic mass is 9.94. The van der Waals surface area contributed by atoms with Crippen LogP contribution in [0, 0.1) is 0 Å². The summed E-state index contributed by atoms with van der Waals surface area (Å²) in [7, 11) is 0. The van der Waals surface area contributed by atoms with Gasteiger partial charge in [0.15, 0.2) is 0 Å². The summed E-state index contributed by atoms with van der Waals surface area (Å²) in [6.45, 7) is 4.01. The molecule has 0 radical (unpaired) electrons. The number of rotatable bonds is 6. The third-order valence-electron chi connectivity index (χ3n) is 5.65. The maximum absolute atomic E-state index is 12.9. The highest BCUT2D eigenvalue weighted by molar-refractivity contribution is 6.30. The van der Waals surface area contributed by atoms with Crippen LogP contribution in [0.25, 0.3) is 5.57 Å². The number of nitrogens with one attached hydrogen (secondary N) is 2. The maximum atomic E-state index is 12.9. The summed E-state index contributed by atoms with van der Waals surface area (Å²) >= 11 is 6.17. The van der Waals surface area contributed by atoms with Crippen molar-refractivity contribution in [2.75, 3.05) is 26.2 Å². The predicted molar refractivity (Wildman–Crippen MR) is 125 cm³/mol. The Morgan fingerprint density at radius 1 is 1.19 bits per heavy atom. The van der Waals surface area contributed by atoms with Crippen LogP contribution in [0.4, 0.5) is 4.79 Å². The minimum atomic E-state index is -0.628. The van der Waals surface area contributed by atoms with Crippen molar-refractivity contribution in [3.63, 3.8) is 0 Å². The van der Waals surface area contributed by atoms with Crippen molar-refractivity contribution in [1.29, 1.82) is 0 Å². The van der Waals surface area contributed by atoms with Crippen molar-refractivity contribution in [3.8, 4) is 0 Å². The lowest BCUT2D eigenvalue weighted by Crippen LogP contribution is -2.48. The first-order valence-corrected chi connectivity index (χ1v) is 11.1. The normalized spacial score (nSPS) is 19.1. The average molecular weight is 452 g/mol. The van der Waals surface area contributed by atoms with E-state index in [1.54, 1.807) is 25.1 Å². The average Bonchev–Trinajstić information content (AvgIpc) is 2.80. The van der Waals surface area contributed by atoms with Crippen molar-refractivity contribution in [2.45, 2.75) is 19.4 Å². The highest BCUT2D eigenvalue weighted by Gasteiger charge is 2.34. The topological polar surface area (TPSA) is 70.7 Å². The number of urea groups is 1. The molecule has 0 saturated carbocycles. The summed E-state index contributed by atoms with van der Waals surface area (Å²) in [6.07, 6.45) is 3.11. The van der Waals surface area contributed by atoms with Crippen LogP contribution in [-0.4, -0.2) is 43.1 Å². The van der Waals surface area contributed by atoms with Crippen LogP contribution in [0.15, 0.2) is 71.9 Å². The molecule has 4 rings (SSSR count). The Morgan fingerprint density at radius 3 is 2.69 bits per heavy atom. The predicted octanol–water partition coefficient (Wildman–Crippen LogP) is 4.30. The molecule has 0 unspecified atom stereocenters. The van der Waals surface area contributed by atoms with Crippen molar-refractivity contribution in [1.82, 2.24) is 15.5 Å². The van der Waals surface area contributed by atoms with Crippen LogP contribution in [0.5, 0.6) is 0 Å². The minimum Gasteiger partial charge on any atom is -0.463 e. The quantitative estimate of drug-likeness (QED) is 0.642. The first-order chi connectivity index (χ1) is 15.5. The van der Waals surface area contributed by atoms with Crippen molar-refractivity contribution < 1.29 is 14.3 Å². The SMILES string of the molecule is CCOC(=O)C1=C(CN2CC=C(c3ccccc3)CC2)NC(=O)N[C@@H]1c1cccc(Cl)c1. The molecule has 7 heteroatoms. The molecule has 0 bridgehead atoms. The standard InChI is InChI=1S/C25H26ClN3O3/c1-2-32-24(30)22-21(27-25(31)28-23(22)19-9-6-10-20(26)15-19)16-29-13-11-18(12-14-29)17-7-4-3-5-8-17/h3-11,15,23H,2,12-14,16H2,1H3,(H2,27,28,31)/t23-/m1/s1. The van der Waals surface area contributed by atoms with E-state index in [9.17, 15) is 9.59 Å². The molecular weight excluding hydrogens is 426 g/mol. The molecule has 2 aliphatic heterocycles. The number of ether oxygens (including phenoxy) is 1. The fraction of sp³-hybridized carbons (Fsp3) is 0.280. The smallest absolute Gasteiger partial charge is 0.338 e. The molecule has 2 N–H and O–H groups in total. The number of carbonyl (C=O) groups is 2. The number of carbonyl (C=O) groups excluding carboxylic acids is 2. The lowest BCUT2D eigenvalue weighted by molar-refractivity contribution is -0.139. The second kappa shape index (κ2) is 10.0. The number of amides is 2. The molecule has 2 aliphatic rings. The zero-order valence-corrected chi connectivity index (χ0v) is 18.7. The van der Waals surface area contributed by atoms with Gasteiger partial charge in [-0.1, -0.05) is 60.1 Å². The molecule has 2 heterocycles. The van der Waals surface area contributed by atoms with Gasteiger partial charge in [-0.05, 0) is 42.2 Å². The lowest BCUT2D eigenvalue weighted by Gasteiger charge is -2.33. The third kappa shape index (κ3) is 5.03. The first kappa shape index (κ1) is 22.1. The molecule has 0 spiro atoms. The minimum absolute atomic E-state index is 0.249. The van der Waals surface area contributed by atoms with Crippen LogP contribution in [0.2, 0.25) is 5.02 Å². The Morgan fingerprint density at radius 2 is 2.00 bits per heavy atom. The summed E-state index contributed by atoms with van der Waals surface area (Å²) < 4.78 is 5.34. The molecule has 0 aromatic heterocycles. The molecule has 0 fully saturated rings. The zero-order valence-electron chi connectivity index (χ0n) is 17.9. The number of hydrogen-bond donors (Lipinski definition) is 2. The molecule has 1 atom stereocenters. The van der Waals surface area contributed by atoms with E-state index in [1.165, 1.54) is 11.1 Å². The van der Waals surface area contributed by atoms with Gasteiger partial charge in [0, 0.05) is 30.4 Å². The Hall–Kier alpha value is -3.09. The van der Waals surface area contributed by atoms with Crippen LogP contribution in [0.3, 0.4) is 0 Å². The number of benzene rings is 2. The first-order valence-electron chi connectivity index (χ1n) is 10.7. The fourth-order valence-corrected chi connectivity index (χ4v) is 4.32. The third-order valence-corrected chi connectivity index (χ3v) is 5.89. The monoisotopic (exact) mass is 451 g/mol. The van der Waals surface area contributed by atoms with Gasteiger partial charge in [-0.15, -0.1) is 0 Å². The maximum Gasteiger partial charge on any atom is 0.338 e. The summed E-state index contributed by atoms with van der Waals surface area (Å²) in [4.78, 5) is 27.6. The van der Waals surface area contributed by atoms with Crippen LogP contribution < -0.4 is 10.6 Å². The molecule has 166 valence electrons. The fourth-order valence-electron chi connectivity index (χ4n) is 4.12. The highest BCUT2D eigenvalue weighted by atomic mass is 35.5. The van der Waals surface area contributed by atoms with E-state index in [-0.39, 0.29) is 12.6 Å². The van der Waals surface area contributed by atoms with Crippen LogP contribution in [-0.2, 0) is 9.53 Å². The van der Waals surface area contributed by atoms with Gasteiger partial charge in [-0.25, -0.2) is 9.59 Å². The van der Waals surface area contributed by atoms with Gasteiger partial charge in [0.25, 0.3) is 0 Å². The van der Waals surface area contributed by atoms with E-state index in [0.29, 0.717) is 22.8 Å². The highest BCUT2D eigenvalue weighted by Crippen LogP contribution is 2.30. The van der Waals surface area contributed by atoms with Gasteiger partial charge in [0.1, 0.15) is 0 Å². The van der Waals surface area contributed by atoms with Crippen LogP contribution in [0.1, 0.15) is 30.5 Å². The van der Waals surface area contributed by atoms with Gasteiger partial charge in [-0.3, -0.25) is 4.90 Å². The summed E-state index contributed by atoms with van der Waals surface area (Å²) in [6, 6.07) is 16.5. The molecule has 0 saturated heterocycles. The van der Waals surface area contributed by atoms with E-state index in [4.69, 9.17) is 16.3 Å². The van der Waals surface area contributed by atoms with E-state index in [2.05, 4.69) is 33.7 Å². The number of esters is 1. The van der Waals surface area contributed by atoms with Crippen LogP contribution >= 0.6 is 11.6 Å². The number of nitrogens with zero attached hydrogens (tertiary/aromatic N) is 1. The molecule has 6 nitrogen and oxygen atoms in total. The summed E-state index contributed by atoms with van der Waals surface area (Å²) in [5.74, 6) is -0.447. The Labute approximate surface area is 192 Å². The van der Waals surface area contributed by atoms with E-state index < -0.39 is 12.0 Å². The molecular formula is C25H26ClN3O3. The molecule has 32 heavy (non-hydrogen) atoms. The van der Waals surface area contributed by atoms with Gasteiger partial charge >= 0.3 is 12.0 Å². The Balaban J connectivity index is 1.61. The van der Waals surface area contributed by atoms with E-state index in [0.717, 1.165) is 25.1 Å². The van der Waals surface area contributed by atoms with Crippen molar-refractivity contribution in [3.05, 3.63) is 88.1 Å². The van der Waals surface area contributed by atoms with Crippen molar-refractivity contribution >= 4 is 29.2 Å². The van der Waals surface area contributed by atoms with Gasteiger partial charge in [-0.2, -0.15) is 0 Å². The zero-order chi connectivity index (χ0) is 22.5. The Kier molecular flexibility index (Phi) is 6.93. The number of halogens is 1. The molecule has 2 aromatic carbocycles. The molecule has 2 amide bonds. The van der Waals surface area contributed by atoms with E-state index >= 15 is 0 Å².